The Morgan fingerprint density at radius 3 is 2.75 bits per heavy atom. The molecule has 1 aliphatic carbocycles. The molecule has 12 heavy (non-hydrogen) atoms. The van der Waals surface area contributed by atoms with Crippen molar-refractivity contribution < 1.29 is 9.90 Å². The van der Waals surface area contributed by atoms with Crippen molar-refractivity contribution in [1.29, 1.82) is 5.26 Å². The van der Waals surface area contributed by atoms with E-state index in [1.165, 1.54) is 0 Å². The van der Waals surface area contributed by atoms with Crippen LogP contribution < -0.4 is 0 Å². The Bertz CT molecular complexity index is 207. The van der Waals surface area contributed by atoms with E-state index in [0.717, 1.165) is 25.7 Å². The third-order valence-electron chi connectivity index (χ3n) is 2.58. The van der Waals surface area contributed by atoms with Gasteiger partial charge in [-0.2, -0.15) is 5.26 Å². The van der Waals surface area contributed by atoms with Crippen LogP contribution in [0.2, 0.25) is 0 Å². The van der Waals surface area contributed by atoms with Crippen LogP contribution in [0.5, 0.6) is 0 Å². The second-order valence-corrected chi connectivity index (χ2v) is 3.35. The van der Waals surface area contributed by atoms with Gasteiger partial charge in [0.1, 0.15) is 0 Å². The van der Waals surface area contributed by atoms with Crippen LogP contribution in [0.15, 0.2) is 0 Å². The van der Waals surface area contributed by atoms with E-state index in [9.17, 15) is 4.79 Å². The van der Waals surface area contributed by atoms with Gasteiger partial charge < -0.3 is 5.11 Å². The summed E-state index contributed by atoms with van der Waals surface area (Å²) in [5.41, 5.74) is 0. The lowest BCUT2D eigenvalue weighted by Crippen LogP contribution is -2.26. The van der Waals surface area contributed by atoms with Gasteiger partial charge in [0.05, 0.1) is 12.0 Å². The minimum absolute atomic E-state index is 0.0984. The molecule has 1 saturated carbocycles. The maximum Gasteiger partial charge on any atom is 0.306 e. The summed E-state index contributed by atoms with van der Waals surface area (Å²) < 4.78 is 0. The zero-order chi connectivity index (χ0) is 8.97. The van der Waals surface area contributed by atoms with Crippen molar-refractivity contribution in [1.82, 2.24) is 0 Å². The largest absolute Gasteiger partial charge is 0.481 e. The van der Waals surface area contributed by atoms with E-state index in [4.69, 9.17) is 10.4 Å². The number of rotatable bonds is 2. The third kappa shape index (κ3) is 1.97. The van der Waals surface area contributed by atoms with Crippen molar-refractivity contribution in [3.63, 3.8) is 0 Å². The molecule has 0 heterocycles. The molecule has 0 aromatic carbocycles. The lowest BCUT2D eigenvalue weighted by atomic mass is 9.78. The molecule has 1 N–H and O–H groups in total. The van der Waals surface area contributed by atoms with Gasteiger partial charge in [0.25, 0.3) is 0 Å². The molecule has 3 nitrogen and oxygen atoms in total. The van der Waals surface area contributed by atoms with E-state index in [1.807, 2.05) is 0 Å². The fourth-order valence-electron chi connectivity index (χ4n) is 1.89. The van der Waals surface area contributed by atoms with Gasteiger partial charge in [-0.25, -0.2) is 0 Å². The Kier molecular flexibility index (Phi) is 3.09. The van der Waals surface area contributed by atoms with Crippen LogP contribution in [-0.2, 0) is 4.79 Å². The predicted molar refractivity (Wildman–Crippen MR) is 43.3 cm³/mol. The molecule has 1 rings (SSSR count). The van der Waals surface area contributed by atoms with E-state index in [2.05, 4.69) is 6.07 Å². The molecule has 0 saturated heterocycles. The van der Waals surface area contributed by atoms with Crippen molar-refractivity contribution >= 4 is 5.97 Å². The summed E-state index contributed by atoms with van der Waals surface area (Å²) in [6.45, 7) is 0. The van der Waals surface area contributed by atoms with Crippen molar-refractivity contribution in [2.24, 2.45) is 11.8 Å². The van der Waals surface area contributed by atoms with E-state index in [-0.39, 0.29) is 11.8 Å². The summed E-state index contributed by atoms with van der Waals surface area (Å²) in [6.07, 6.45) is 4.14. The number of hydrogen-bond acceptors (Lipinski definition) is 2. The van der Waals surface area contributed by atoms with Crippen molar-refractivity contribution in [2.75, 3.05) is 0 Å². The van der Waals surface area contributed by atoms with Crippen LogP contribution in [0, 0.1) is 23.2 Å². The second kappa shape index (κ2) is 4.10. The third-order valence-corrected chi connectivity index (χ3v) is 2.58. The number of carboxylic acids is 1. The lowest BCUT2D eigenvalue weighted by molar-refractivity contribution is -0.144. The zero-order valence-electron chi connectivity index (χ0n) is 6.99. The molecule has 3 heteroatoms. The molecule has 0 aromatic rings. The maximum atomic E-state index is 10.7. The highest BCUT2D eigenvalue weighted by Gasteiger charge is 2.30. The molecule has 1 fully saturated rings. The molecule has 66 valence electrons. The minimum Gasteiger partial charge on any atom is -0.481 e. The first-order valence-electron chi connectivity index (χ1n) is 4.35. The van der Waals surface area contributed by atoms with Gasteiger partial charge in [-0.15, -0.1) is 0 Å². The maximum absolute atomic E-state index is 10.7. The fraction of sp³-hybridized carbons (Fsp3) is 0.778. The minimum atomic E-state index is -0.727. The topological polar surface area (TPSA) is 61.1 Å². The highest BCUT2D eigenvalue weighted by molar-refractivity contribution is 5.70. The second-order valence-electron chi connectivity index (χ2n) is 3.35. The standard InChI is InChI=1S/C9H13NO2/c10-6-5-7-3-1-2-4-8(7)9(11)12/h7-8H,1-5H2,(H,11,12)/t7?,8-/m1/s1. The quantitative estimate of drug-likeness (QED) is 0.682. The van der Waals surface area contributed by atoms with E-state index >= 15 is 0 Å². The summed E-state index contributed by atoms with van der Waals surface area (Å²) in [5, 5.41) is 17.3. The van der Waals surface area contributed by atoms with Crippen LogP contribution in [0.25, 0.3) is 0 Å². The van der Waals surface area contributed by atoms with Gasteiger partial charge in [0, 0.05) is 6.42 Å². The number of carbonyl (C=O) groups is 1. The number of nitrogens with zero attached hydrogens (tertiary/aromatic N) is 1. The summed E-state index contributed by atoms with van der Waals surface area (Å²) in [4.78, 5) is 10.7. The van der Waals surface area contributed by atoms with Gasteiger partial charge >= 0.3 is 5.97 Å². The van der Waals surface area contributed by atoms with E-state index in [0.29, 0.717) is 6.42 Å². The SMILES string of the molecule is N#CCC1CCCC[C@H]1C(=O)O. The molecule has 0 amide bonds. The van der Waals surface area contributed by atoms with Gasteiger partial charge in [0.15, 0.2) is 0 Å². The normalized spacial score (nSPS) is 29.2. The van der Waals surface area contributed by atoms with Crippen LogP contribution >= 0.6 is 0 Å². The number of hydrogen-bond donors (Lipinski definition) is 1. The van der Waals surface area contributed by atoms with Crippen LogP contribution in [-0.4, -0.2) is 11.1 Å². The summed E-state index contributed by atoms with van der Waals surface area (Å²) in [6, 6.07) is 2.06. The van der Waals surface area contributed by atoms with Crippen molar-refractivity contribution in [3.8, 4) is 6.07 Å². The van der Waals surface area contributed by atoms with Crippen LogP contribution in [0.1, 0.15) is 32.1 Å². The lowest BCUT2D eigenvalue weighted by Gasteiger charge is -2.26. The average Bonchev–Trinajstić information content (AvgIpc) is 2.05. The van der Waals surface area contributed by atoms with Gasteiger partial charge in [-0.3, -0.25) is 4.79 Å². The van der Waals surface area contributed by atoms with Crippen molar-refractivity contribution in [2.45, 2.75) is 32.1 Å². The van der Waals surface area contributed by atoms with E-state index < -0.39 is 5.97 Å². The first-order chi connectivity index (χ1) is 5.75. The molecule has 1 unspecified atom stereocenters. The van der Waals surface area contributed by atoms with Gasteiger partial charge in [0.2, 0.25) is 0 Å². The highest BCUT2D eigenvalue weighted by Crippen LogP contribution is 2.32. The Morgan fingerprint density at radius 2 is 2.17 bits per heavy atom. The molecule has 0 bridgehead atoms. The number of carboxylic acid groups (broad SMARTS) is 1. The van der Waals surface area contributed by atoms with Gasteiger partial charge in [-0.1, -0.05) is 12.8 Å². The first-order valence-corrected chi connectivity index (χ1v) is 4.35. The number of aliphatic carboxylic acids is 1. The highest BCUT2D eigenvalue weighted by atomic mass is 16.4. The Balaban J connectivity index is 2.55. The average molecular weight is 167 g/mol. The molecule has 0 aromatic heterocycles. The molecule has 1 aliphatic rings. The molecule has 0 aliphatic heterocycles. The Morgan fingerprint density at radius 1 is 1.50 bits per heavy atom. The monoisotopic (exact) mass is 167 g/mol. The zero-order valence-corrected chi connectivity index (χ0v) is 6.99. The van der Waals surface area contributed by atoms with Crippen LogP contribution in [0.3, 0.4) is 0 Å². The first kappa shape index (κ1) is 9.05. The predicted octanol–water partition coefficient (Wildman–Crippen LogP) is 1.79. The van der Waals surface area contributed by atoms with E-state index in [1.54, 1.807) is 0 Å². The molecule has 0 radical (unpaired) electrons. The molecular weight excluding hydrogens is 154 g/mol. The molecule has 0 spiro atoms. The Labute approximate surface area is 72.0 Å². The van der Waals surface area contributed by atoms with Crippen LogP contribution in [0.4, 0.5) is 0 Å². The van der Waals surface area contributed by atoms with Gasteiger partial charge in [-0.05, 0) is 18.8 Å². The molecular formula is C9H13NO2. The van der Waals surface area contributed by atoms with Crippen molar-refractivity contribution in [3.05, 3.63) is 0 Å². The Hall–Kier alpha value is -1.04. The molecule has 2 atom stereocenters. The fourth-order valence-corrected chi connectivity index (χ4v) is 1.89. The number of nitriles is 1. The summed E-state index contributed by atoms with van der Waals surface area (Å²) in [5.74, 6) is -0.894. The smallest absolute Gasteiger partial charge is 0.306 e. The summed E-state index contributed by atoms with van der Waals surface area (Å²) >= 11 is 0. The summed E-state index contributed by atoms with van der Waals surface area (Å²) in [7, 11) is 0.